The van der Waals surface area contributed by atoms with E-state index in [-0.39, 0.29) is 5.91 Å². The van der Waals surface area contributed by atoms with Crippen LogP contribution in [0.15, 0.2) is 30.5 Å². The lowest BCUT2D eigenvalue weighted by molar-refractivity contribution is -0.116. The number of carbonyl (C=O) groups excluding carboxylic acids is 1. The van der Waals surface area contributed by atoms with Crippen LogP contribution in [0.5, 0.6) is 0 Å². The Hall–Kier alpha value is -1.43. The first-order chi connectivity index (χ1) is 9.69. The zero-order chi connectivity index (χ0) is 14.4. The maximum Gasteiger partial charge on any atom is 0.227 e. The van der Waals surface area contributed by atoms with Crippen molar-refractivity contribution in [3.63, 3.8) is 0 Å². The zero-order valence-electron chi connectivity index (χ0n) is 11.1. The number of hydrogen-bond acceptors (Lipinski definition) is 4. The third kappa shape index (κ3) is 4.30. The second-order valence-corrected chi connectivity index (χ2v) is 5.82. The summed E-state index contributed by atoms with van der Waals surface area (Å²) < 4.78 is 0. The molecule has 4 nitrogen and oxygen atoms in total. The Morgan fingerprint density at radius 3 is 2.95 bits per heavy atom. The molecule has 1 heterocycles. The summed E-state index contributed by atoms with van der Waals surface area (Å²) in [5.41, 5.74) is 1.06. The first-order valence-electron chi connectivity index (χ1n) is 6.31. The van der Waals surface area contributed by atoms with E-state index in [1.165, 1.54) is 11.3 Å². The Kier molecular flexibility index (Phi) is 5.52. The number of benzene rings is 1. The fraction of sp³-hybridized carbons (Fsp3) is 0.286. The highest BCUT2D eigenvalue weighted by Gasteiger charge is 2.08. The van der Waals surface area contributed by atoms with E-state index in [4.69, 9.17) is 11.6 Å². The highest BCUT2D eigenvalue weighted by atomic mass is 35.5. The first kappa shape index (κ1) is 15.0. The van der Waals surface area contributed by atoms with Crippen molar-refractivity contribution in [1.29, 1.82) is 0 Å². The van der Waals surface area contributed by atoms with Crippen LogP contribution in [0.3, 0.4) is 0 Å². The number of thiazole rings is 1. The molecule has 0 unspecified atom stereocenters. The number of amides is 1. The van der Waals surface area contributed by atoms with Crippen molar-refractivity contribution in [3.05, 3.63) is 45.9 Å². The number of anilines is 1. The molecule has 106 valence electrons. The molecule has 0 radical (unpaired) electrons. The third-order valence-corrected chi connectivity index (χ3v) is 4.01. The van der Waals surface area contributed by atoms with Gasteiger partial charge in [0.05, 0.1) is 0 Å². The SMILES string of the molecule is CNCCC(=O)Nc1ncc(Cc2ccccc2Cl)s1. The molecule has 20 heavy (non-hydrogen) atoms. The lowest BCUT2D eigenvalue weighted by Gasteiger charge is -2.01. The normalized spacial score (nSPS) is 10.5. The number of carbonyl (C=O) groups is 1. The highest BCUT2D eigenvalue weighted by molar-refractivity contribution is 7.15. The molecule has 0 aliphatic heterocycles. The summed E-state index contributed by atoms with van der Waals surface area (Å²) in [7, 11) is 1.82. The molecule has 2 N–H and O–H groups in total. The van der Waals surface area contributed by atoms with Gasteiger partial charge in [0.1, 0.15) is 0 Å². The minimum absolute atomic E-state index is 0.0296. The average Bonchev–Trinajstić information content (AvgIpc) is 2.86. The summed E-state index contributed by atoms with van der Waals surface area (Å²) in [5, 5.41) is 7.11. The molecule has 0 atom stereocenters. The summed E-state index contributed by atoms with van der Waals surface area (Å²) in [4.78, 5) is 16.9. The van der Waals surface area contributed by atoms with Gasteiger partial charge in [0.15, 0.2) is 5.13 Å². The van der Waals surface area contributed by atoms with Crippen LogP contribution in [-0.2, 0) is 11.2 Å². The lowest BCUT2D eigenvalue weighted by Crippen LogP contribution is -2.18. The van der Waals surface area contributed by atoms with Crippen LogP contribution in [-0.4, -0.2) is 24.5 Å². The predicted molar refractivity (Wildman–Crippen MR) is 83.5 cm³/mol. The van der Waals surface area contributed by atoms with Crippen molar-refractivity contribution < 1.29 is 4.79 Å². The molecule has 6 heteroatoms. The molecule has 0 fully saturated rings. The third-order valence-electron chi connectivity index (χ3n) is 2.72. The van der Waals surface area contributed by atoms with Crippen LogP contribution in [0, 0.1) is 0 Å². The van der Waals surface area contributed by atoms with Crippen molar-refractivity contribution in [2.75, 3.05) is 18.9 Å². The molecule has 0 aliphatic carbocycles. The predicted octanol–water partition coefficient (Wildman–Crippen LogP) is 2.94. The van der Waals surface area contributed by atoms with Crippen molar-refractivity contribution in [3.8, 4) is 0 Å². The lowest BCUT2D eigenvalue weighted by atomic mass is 10.1. The monoisotopic (exact) mass is 309 g/mol. The van der Waals surface area contributed by atoms with Crippen LogP contribution in [0.25, 0.3) is 0 Å². The second-order valence-electron chi connectivity index (χ2n) is 4.30. The molecule has 1 aromatic heterocycles. The van der Waals surface area contributed by atoms with Gasteiger partial charge in [-0.1, -0.05) is 29.8 Å². The van der Waals surface area contributed by atoms with E-state index in [9.17, 15) is 4.79 Å². The van der Waals surface area contributed by atoms with Gasteiger partial charge in [-0.25, -0.2) is 4.98 Å². The van der Waals surface area contributed by atoms with Crippen LogP contribution in [0.1, 0.15) is 16.9 Å². The van der Waals surface area contributed by atoms with Gasteiger partial charge in [0.2, 0.25) is 5.91 Å². The smallest absolute Gasteiger partial charge is 0.227 e. The highest BCUT2D eigenvalue weighted by Crippen LogP contribution is 2.24. The number of nitrogens with zero attached hydrogens (tertiary/aromatic N) is 1. The molecule has 0 aliphatic rings. The fourth-order valence-corrected chi connectivity index (χ4v) is 2.75. The van der Waals surface area contributed by atoms with E-state index >= 15 is 0 Å². The van der Waals surface area contributed by atoms with Gasteiger partial charge in [0, 0.05) is 35.5 Å². The fourth-order valence-electron chi connectivity index (χ4n) is 1.70. The number of aromatic nitrogens is 1. The van der Waals surface area contributed by atoms with E-state index in [2.05, 4.69) is 15.6 Å². The van der Waals surface area contributed by atoms with Gasteiger partial charge in [0.25, 0.3) is 0 Å². The maximum absolute atomic E-state index is 11.6. The summed E-state index contributed by atoms with van der Waals surface area (Å²) in [6, 6.07) is 7.74. The minimum Gasteiger partial charge on any atom is -0.319 e. The standard InChI is InChI=1S/C14H16ClN3OS/c1-16-7-6-13(19)18-14-17-9-11(20-14)8-10-4-2-3-5-12(10)15/h2-5,9,16H,6-8H2,1H3,(H,17,18,19). The summed E-state index contributed by atoms with van der Waals surface area (Å²) in [5.74, 6) is -0.0296. The molecule has 2 aromatic rings. The Bertz CT molecular complexity index is 585. The van der Waals surface area contributed by atoms with Crippen LogP contribution >= 0.6 is 22.9 Å². The summed E-state index contributed by atoms with van der Waals surface area (Å²) >= 11 is 7.61. The number of hydrogen-bond donors (Lipinski definition) is 2. The van der Waals surface area contributed by atoms with E-state index < -0.39 is 0 Å². The average molecular weight is 310 g/mol. The maximum atomic E-state index is 11.6. The molecular weight excluding hydrogens is 294 g/mol. The van der Waals surface area contributed by atoms with Crippen molar-refractivity contribution in [2.24, 2.45) is 0 Å². The Labute approximate surface area is 127 Å². The Balaban J connectivity index is 1.96. The summed E-state index contributed by atoms with van der Waals surface area (Å²) in [6.07, 6.45) is 2.95. The van der Waals surface area contributed by atoms with Crippen LogP contribution in [0.4, 0.5) is 5.13 Å². The van der Waals surface area contributed by atoms with Gasteiger partial charge < -0.3 is 10.6 Å². The largest absolute Gasteiger partial charge is 0.319 e. The molecular formula is C14H16ClN3OS. The van der Waals surface area contributed by atoms with Gasteiger partial charge in [-0.2, -0.15) is 0 Å². The number of rotatable bonds is 6. The van der Waals surface area contributed by atoms with Crippen molar-refractivity contribution >= 4 is 34.0 Å². The molecule has 2 rings (SSSR count). The van der Waals surface area contributed by atoms with Gasteiger partial charge in [-0.15, -0.1) is 11.3 Å². The minimum atomic E-state index is -0.0296. The molecule has 0 spiro atoms. The second kappa shape index (κ2) is 7.38. The summed E-state index contributed by atoms with van der Waals surface area (Å²) in [6.45, 7) is 0.656. The van der Waals surface area contributed by atoms with Gasteiger partial charge in [-0.3, -0.25) is 4.79 Å². The topological polar surface area (TPSA) is 54.0 Å². The Morgan fingerprint density at radius 1 is 1.40 bits per heavy atom. The van der Waals surface area contributed by atoms with E-state index in [0.717, 1.165) is 21.9 Å². The molecule has 1 amide bonds. The molecule has 0 saturated heterocycles. The zero-order valence-corrected chi connectivity index (χ0v) is 12.7. The van der Waals surface area contributed by atoms with E-state index in [1.54, 1.807) is 6.20 Å². The first-order valence-corrected chi connectivity index (χ1v) is 7.51. The van der Waals surface area contributed by atoms with Gasteiger partial charge >= 0.3 is 0 Å². The molecule has 1 aromatic carbocycles. The van der Waals surface area contributed by atoms with Crippen LogP contribution in [0.2, 0.25) is 5.02 Å². The quantitative estimate of drug-likeness (QED) is 0.862. The van der Waals surface area contributed by atoms with E-state index in [1.807, 2.05) is 31.3 Å². The molecule has 0 bridgehead atoms. The number of nitrogens with one attached hydrogen (secondary N) is 2. The van der Waals surface area contributed by atoms with Crippen molar-refractivity contribution in [1.82, 2.24) is 10.3 Å². The number of halogens is 1. The van der Waals surface area contributed by atoms with Crippen molar-refractivity contribution in [2.45, 2.75) is 12.8 Å². The Morgan fingerprint density at radius 2 is 2.20 bits per heavy atom. The van der Waals surface area contributed by atoms with Gasteiger partial charge in [-0.05, 0) is 18.7 Å². The van der Waals surface area contributed by atoms with E-state index in [0.29, 0.717) is 18.1 Å². The molecule has 0 saturated carbocycles. The van der Waals surface area contributed by atoms with Crippen LogP contribution < -0.4 is 10.6 Å².